The van der Waals surface area contributed by atoms with Crippen molar-refractivity contribution in [2.75, 3.05) is 13.1 Å². The van der Waals surface area contributed by atoms with Gasteiger partial charge in [0.25, 0.3) is 0 Å². The van der Waals surface area contributed by atoms with Crippen LogP contribution in [0.1, 0.15) is 12.8 Å². The molecule has 0 saturated heterocycles. The molecule has 0 aromatic carbocycles. The second kappa shape index (κ2) is 9.90. The van der Waals surface area contributed by atoms with E-state index in [0.717, 1.165) is 0 Å². The van der Waals surface area contributed by atoms with Crippen molar-refractivity contribution in [1.29, 1.82) is 0 Å². The van der Waals surface area contributed by atoms with E-state index in [1.807, 2.05) is 0 Å². The average molecular weight is 208 g/mol. The van der Waals surface area contributed by atoms with Crippen molar-refractivity contribution >= 4 is 11.9 Å². The molecule has 7 heteroatoms. The Kier molecular flexibility index (Phi) is 10.8. The lowest BCUT2D eigenvalue weighted by Gasteiger charge is -1.98. The molecule has 0 aromatic heterocycles. The van der Waals surface area contributed by atoms with E-state index in [9.17, 15) is 9.59 Å². The molecule has 0 atom stereocenters. The Balaban J connectivity index is 0. The standard InChI is InChI=1S/C4H6O4.C3H10N2O/c5-3(6)1-2-4(7)8;4-1-3(6)2-5/h1-2H2,(H,5,6)(H,7,8);3,6H,1-2,4-5H2. The molecule has 0 aromatic rings. The second-order valence-electron chi connectivity index (χ2n) is 2.41. The highest BCUT2D eigenvalue weighted by molar-refractivity contribution is 5.75. The normalized spacial score (nSPS) is 9.14. The van der Waals surface area contributed by atoms with Crippen LogP contribution < -0.4 is 11.5 Å². The van der Waals surface area contributed by atoms with Crippen LogP contribution in [0.5, 0.6) is 0 Å². The van der Waals surface area contributed by atoms with E-state index in [1.165, 1.54) is 0 Å². The smallest absolute Gasteiger partial charge is 0.303 e. The molecule has 0 spiro atoms. The maximum atomic E-state index is 9.64. The number of rotatable bonds is 5. The van der Waals surface area contributed by atoms with Crippen molar-refractivity contribution in [2.45, 2.75) is 18.9 Å². The number of carbonyl (C=O) groups is 2. The topological polar surface area (TPSA) is 147 Å². The van der Waals surface area contributed by atoms with Gasteiger partial charge in [-0.3, -0.25) is 9.59 Å². The van der Waals surface area contributed by atoms with E-state index in [4.69, 9.17) is 26.8 Å². The number of aliphatic carboxylic acids is 2. The number of aliphatic hydroxyl groups excluding tert-OH is 1. The second-order valence-corrected chi connectivity index (χ2v) is 2.41. The zero-order chi connectivity index (χ0) is 11.6. The van der Waals surface area contributed by atoms with E-state index in [0.29, 0.717) is 0 Å². The Morgan fingerprint density at radius 2 is 1.29 bits per heavy atom. The van der Waals surface area contributed by atoms with Gasteiger partial charge in [0, 0.05) is 13.1 Å². The molecule has 0 unspecified atom stereocenters. The third-order valence-corrected chi connectivity index (χ3v) is 1.10. The number of carboxylic acids is 2. The Morgan fingerprint density at radius 3 is 1.36 bits per heavy atom. The Labute approximate surface area is 81.3 Å². The van der Waals surface area contributed by atoms with Crippen LogP contribution in [0.15, 0.2) is 0 Å². The zero-order valence-corrected chi connectivity index (χ0v) is 7.72. The highest BCUT2D eigenvalue weighted by atomic mass is 16.4. The molecule has 0 aliphatic rings. The van der Waals surface area contributed by atoms with Crippen molar-refractivity contribution in [3.8, 4) is 0 Å². The number of hydrogen-bond acceptors (Lipinski definition) is 5. The van der Waals surface area contributed by atoms with Gasteiger partial charge in [0.2, 0.25) is 0 Å². The van der Waals surface area contributed by atoms with E-state index in [2.05, 4.69) is 0 Å². The SMILES string of the molecule is NCC(O)CN.O=C(O)CCC(=O)O. The lowest BCUT2D eigenvalue weighted by Crippen LogP contribution is -2.27. The first-order chi connectivity index (χ1) is 6.43. The summed E-state index contributed by atoms with van der Waals surface area (Å²) in [5.41, 5.74) is 9.91. The molecule has 7 nitrogen and oxygen atoms in total. The number of aliphatic hydroxyl groups is 1. The van der Waals surface area contributed by atoms with Gasteiger partial charge in [0.15, 0.2) is 0 Å². The number of carboxylic acid groups (broad SMARTS) is 2. The van der Waals surface area contributed by atoms with E-state index in [-0.39, 0.29) is 25.9 Å². The van der Waals surface area contributed by atoms with Crippen LogP contribution >= 0.6 is 0 Å². The lowest BCUT2D eigenvalue weighted by atomic mass is 10.3. The first kappa shape index (κ1) is 15.3. The molecule has 14 heavy (non-hydrogen) atoms. The molecule has 0 heterocycles. The van der Waals surface area contributed by atoms with Crippen molar-refractivity contribution in [3.05, 3.63) is 0 Å². The Morgan fingerprint density at radius 1 is 1.00 bits per heavy atom. The predicted molar refractivity (Wildman–Crippen MR) is 48.6 cm³/mol. The molecule has 0 rings (SSSR count). The summed E-state index contributed by atoms with van der Waals surface area (Å²) in [5, 5.41) is 24.2. The van der Waals surface area contributed by atoms with Gasteiger partial charge < -0.3 is 26.8 Å². The molecule has 0 radical (unpaired) electrons. The van der Waals surface area contributed by atoms with Gasteiger partial charge >= 0.3 is 11.9 Å². The minimum Gasteiger partial charge on any atom is -0.481 e. The molecule has 0 aliphatic carbocycles. The van der Waals surface area contributed by atoms with Crippen LogP contribution in [0.4, 0.5) is 0 Å². The minimum absolute atomic E-state index is 0.260. The molecule has 7 N–H and O–H groups in total. The van der Waals surface area contributed by atoms with Crippen molar-refractivity contribution < 1.29 is 24.9 Å². The fourth-order valence-electron chi connectivity index (χ4n) is 0.310. The summed E-state index contributed by atoms with van der Waals surface area (Å²) in [7, 11) is 0. The molecule has 0 bridgehead atoms. The van der Waals surface area contributed by atoms with Gasteiger partial charge in [-0.1, -0.05) is 0 Å². The highest BCUT2D eigenvalue weighted by Crippen LogP contribution is 1.86. The lowest BCUT2D eigenvalue weighted by molar-refractivity contribution is -0.143. The minimum atomic E-state index is -1.08. The molecular formula is C7H16N2O5. The summed E-state index contributed by atoms with van der Waals surface area (Å²) in [5.74, 6) is -2.15. The van der Waals surface area contributed by atoms with Crippen molar-refractivity contribution in [3.63, 3.8) is 0 Å². The van der Waals surface area contributed by atoms with Gasteiger partial charge in [-0.25, -0.2) is 0 Å². The van der Waals surface area contributed by atoms with Crippen LogP contribution in [-0.2, 0) is 9.59 Å². The fourth-order valence-corrected chi connectivity index (χ4v) is 0.310. The number of nitrogens with two attached hydrogens (primary N) is 2. The summed E-state index contributed by atoms with van der Waals surface area (Å²) in [4.78, 5) is 19.3. The predicted octanol–water partition coefficient (Wildman–Crippen LogP) is -1.80. The monoisotopic (exact) mass is 208 g/mol. The molecule has 0 amide bonds. The van der Waals surface area contributed by atoms with Crippen LogP contribution in [0.25, 0.3) is 0 Å². The van der Waals surface area contributed by atoms with Gasteiger partial charge in [-0.15, -0.1) is 0 Å². The first-order valence-corrected chi connectivity index (χ1v) is 3.95. The fraction of sp³-hybridized carbons (Fsp3) is 0.714. The summed E-state index contributed by atoms with van der Waals surface area (Å²) >= 11 is 0. The summed E-state index contributed by atoms with van der Waals surface area (Å²) in [6.07, 6.45) is -1.10. The van der Waals surface area contributed by atoms with Gasteiger partial charge in [0.1, 0.15) is 0 Å². The van der Waals surface area contributed by atoms with E-state index >= 15 is 0 Å². The Hall–Kier alpha value is -1.18. The van der Waals surface area contributed by atoms with Gasteiger partial charge in [-0.2, -0.15) is 0 Å². The summed E-state index contributed by atoms with van der Waals surface area (Å²) in [6, 6.07) is 0. The Bertz CT molecular complexity index is 155. The van der Waals surface area contributed by atoms with Crippen LogP contribution in [0.3, 0.4) is 0 Å². The number of hydrogen-bond donors (Lipinski definition) is 5. The molecule has 0 saturated carbocycles. The maximum absolute atomic E-state index is 9.64. The first-order valence-electron chi connectivity index (χ1n) is 3.95. The molecule has 0 aliphatic heterocycles. The average Bonchev–Trinajstić information content (AvgIpc) is 2.14. The van der Waals surface area contributed by atoms with Crippen LogP contribution in [0.2, 0.25) is 0 Å². The van der Waals surface area contributed by atoms with Crippen LogP contribution in [0, 0.1) is 0 Å². The third kappa shape index (κ3) is 17.1. The third-order valence-electron chi connectivity index (χ3n) is 1.10. The maximum Gasteiger partial charge on any atom is 0.303 e. The van der Waals surface area contributed by atoms with Crippen LogP contribution in [-0.4, -0.2) is 46.5 Å². The van der Waals surface area contributed by atoms with E-state index in [1.54, 1.807) is 0 Å². The van der Waals surface area contributed by atoms with Crippen molar-refractivity contribution in [1.82, 2.24) is 0 Å². The quantitative estimate of drug-likeness (QED) is 0.358. The molecule has 84 valence electrons. The molecule has 0 fully saturated rings. The van der Waals surface area contributed by atoms with Gasteiger partial charge in [-0.05, 0) is 0 Å². The summed E-state index contributed by atoms with van der Waals surface area (Å²) in [6.45, 7) is 0.521. The van der Waals surface area contributed by atoms with Gasteiger partial charge in [0.05, 0.1) is 18.9 Å². The largest absolute Gasteiger partial charge is 0.481 e. The van der Waals surface area contributed by atoms with E-state index < -0.39 is 18.0 Å². The van der Waals surface area contributed by atoms with Crippen molar-refractivity contribution in [2.24, 2.45) is 11.5 Å². The summed E-state index contributed by atoms with van der Waals surface area (Å²) < 4.78 is 0. The molecular weight excluding hydrogens is 192 g/mol. The zero-order valence-electron chi connectivity index (χ0n) is 7.72. The highest BCUT2D eigenvalue weighted by Gasteiger charge is 2.00.